The molecule has 0 unspecified atom stereocenters. The molecule has 0 fully saturated rings. The van der Waals surface area contributed by atoms with Gasteiger partial charge >= 0.3 is 6.18 Å². The third-order valence-electron chi connectivity index (χ3n) is 3.03. The Morgan fingerprint density at radius 3 is 2.61 bits per heavy atom. The highest BCUT2D eigenvalue weighted by Gasteiger charge is 2.33. The summed E-state index contributed by atoms with van der Waals surface area (Å²) >= 11 is 2.86. The van der Waals surface area contributed by atoms with Gasteiger partial charge in [0.2, 0.25) is 0 Å². The summed E-state index contributed by atoms with van der Waals surface area (Å²) in [6.45, 7) is 0.345. The first-order valence-electron chi connectivity index (χ1n) is 6.57. The molecule has 1 amide bonds. The normalized spacial score (nSPS) is 11.3. The van der Waals surface area contributed by atoms with Gasteiger partial charge in [-0.25, -0.2) is 0 Å². The Hall–Kier alpha value is -1.86. The number of halogens is 4. The molecule has 0 atom stereocenters. The van der Waals surface area contributed by atoms with E-state index in [-0.39, 0.29) is 10.2 Å². The Morgan fingerprint density at radius 2 is 1.96 bits per heavy atom. The van der Waals surface area contributed by atoms with Gasteiger partial charge in [0.25, 0.3) is 5.91 Å². The van der Waals surface area contributed by atoms with Crippen LogP contribution in [0.15, 0.2) is 46.9 Å². The Kier molecular flexibility index (Phi) is 5.43. The molecule has 7 heteroatoms. The van der Waals surface area contributed by atoms with Gasteiger partial charge in [-0.15, -0.1) is 0 Å². The van der Waals surface area contributed by atoms with E-state index in [1.54, 1.807) is 24.3 Å². The van der Waals surface area contributed by atoms with Crippen molar-refractivity contribution in [3.8, 4) is 0 Å². The monoisotopic (exact) mass is 387 g/mol. The molecule has 122 valence electrons. The maximum Gasteiger partial charge on any atom is 0.417 e. The number of anilines is 1. The van der Waals surface area contributed by atoms with Crippen molar-refractivity contribution in [2.75, 3.05) is 12.4 Å². The lowest BCUT2D eigenvalue weighted by Crippen LogP contribution is -2.14. The van der Waals surface area contributed by atoms with Crippen LogP contribution in [0, 0.1) is 0 Å². The van der Waals surface area contributed by atoms with Crippen molar-refractivity contribution in [1.82, 2.24) is 0 Å². The molecule has 2 aromatic carbocycles. The second-order valence-corrected chi connectivity index (χ2v) is 5.63. The van der Waals surface area contributed by atoms with Crippen molar-refractivity contribution in [3.63, 3.8) is 0 Å². The molecule has 0 aliphatic carbocycles. The lowest BCUT2D eigenvalue weighted by Gasteiger charge is -2.12. The zero-order chi connectivity index (χ0) is 17.0. The van der Waals surface area contributed by atoms with E-state index in [9.17, 15) is 18.0 Å². The lowest BCUT2D eigenvalue weighted by atomic mass is 10.1. The van der Waals surface area contributed by atoms with E-state index >= 15 is 0 Å². The first kappa shape index (κ1) is 17.5. The third-order valence-corrected chi connectivity index (χ3v) is 3.72. The minimum atomic E-state index is -4.50. The van der Waals surface area contributed by atoms with Crippen LogP contribution in [0.4, 0.5) is 18.9 Å². The van der Waals surface area contributed by atoms with Crippen LogP contribution >= 0.6 is 15.9 Å². The van der Waals surface area contributed by atoms with Crippen LogP contribution in [0.1, 0.15) is 21.5 Å². The van der Waals surface area contributed by atoms with E-state index in [4.69, 9.17) is 4.74 Å². The number of methoxy groups -OCH3 is 1. The number of amides is 1. The van der Waals surface area contributed by atoms with Crippen LogP contribution in [-0.4, -0.2) is 13.0 Å². The van der Waals surface area contributed by atoms with Crippen LogP contribution in [0.5, 0.6) is 0 Å². The number of ether oxygens (including phenoxy) is 1. The predicted molar refractivity (Wildman–Crippen MR) is 84.3 cm³/mol. The fourth-order valence-corrected chi connectivity index (χ4v) is 2.46. The summed E-state index contributed by atoms with van der Waals surface area (Å²) in [5.74, 6) is -0.488. The summed E-state index contributed by atoms with van der Waals surface area (Å²) in [7, 11) is 1.53. The van der Waals surface area contributed by atoms with Gasteiger partial charge in [-0.05, 0) is 35.9 Å². The molecule has 0 spiro atoms. The van der Waals surface area contributed by atoms with E-state index in [1.165, 1.54) is 19.2 Å². The zero-order valence-electron chi connectivity index (χ0n) is 12.1. The van der Waals surface area contributed by atoms with E-state index in [2.05, 4.69) is 21.2 Å². The second-order valence-electron chi connectivity index (χ2n) is 4.78. The van der Waals surface area contributed by atoms with Gasteiger partial charge < -0.3 is 10.1 Å². The molecule has 1 N–H and O–H groups in total. The molecule has 0 aromatic heterocycles. The minimum absolute atomic E-state index is 0.0719. The van der Waals surface area contributed by atoms with Crippen LogP contribution in [0.3, 0.4) is 0 Å². The highest BCUT2D eigenvalue weighted by molar-refractivity contribution is 9.10. The number of nitrogens with one attached hydrogen (secondary N) is 1. The first-order chi connectivity index (χ1) is 10.8. The molecule has 23 heavy (non-hydrogen) atoms. The summed E-state index contributed by atoms with van der Waals surface area (Å²) in [5.41, 5.74) is 0.370. The van der Waals surface area contributed by atoms with Crippen LogP contribution in [0.2, 0.25) is 0 Å². The highest BCUT2D eigenvalue weighted by atomic mass is 79.9. The highest BCUT2D eigenvalue weighted by Crippen LogP contribution is 2.36. The average molecular weight is 388 g/mol. The number of hydrogen-bond acceptors (Lipinski definition) is 2. The zero-order valence-corrected chi connectivity index (χ0v) is 13.7. The Bertz CT molecular complexity index is 717. The molecular weight excluding hydrogens is 375 g/mol. The van der Waals surface area contributed by atoms with Crippen molar-refractivity contribution in [3.05, 3.63) is 63.6 Å². The quantitative estimate of drug-likeness (QED) is 0.812. The number of carbonyl (C=O) groups excluding carboxylic acids is 1. The van der Waals surface area contributed by atoms with Crippen molar-refractivity contribution in [2.24, 2.45) is 0 Å². The summed E-state index contributed by atoms with van der Waals surface area (Å²) in [4.78, 5) is 12.2. The van der Waals surface area contributed by atoms with Gasteiger partial charge in [-0.2, -0.15) is 13.2 Å². The molecule has 0 aliphatic heterocycles. The van der Waals surface area contributed by atoms with Gasteiger partial charge in [0.1, 0.15) is 0 Å². The fraction of sp³-hybridized carbons (Fsp3) is 0.188. The topological polar surface area (TPSA) is 38.3 Å². The largest absolute Gasteiger partial charge is 0.417 e. The average Bonchev–Trinajstić information content (AvgIpc) is 2.48. The fourth-order valence-electron chi connectivity index (χ4n) is 1.99. The molecule has 0 saturated heterocycles. The van der Waals surface area contributed by atoms with E-state index in [0.717, 1.165) is 11.6 Å². The Morgan fingerprint density at radius 1 is 1.22 bits per heavy atom. The Labute approximate surface area is 139 Å². The van der Waals surface area contributed by atoms with Crippen molar-refractivity contribution in [2.45, 2.75) is 12.8 Å². The SMILES string of the molecule is COCc1cccc(C(=O)Nc2ccc(Br)c(C(F)(F)F)c2)c1. The van der Waals surface area contributed by atoms with Crippen molar-refractivity contribution < 1.29 is 22.7 Å². The number of alkyl halides is 3. The van der Waals surface area contributed by atoms with Gasteiger partial charge in [0.05, 0.1) is 12.2 Å². The standard InChI is InChI=1S/C16H13BrF3NO2/c1-23-9-10-3-2-4-11(7-10)15(22)21-12-5-6-14(17)13(8-12)16(18,19)20/h2-8H,9H2,1H3,(H,21,22). The van der Waals surface area contributed by atoms with E-state index < -0.39 is 17.6 Å². The van der Waals surface area contributed by atoms with Crippen molar-refractivity contribution >= 4 is 27.5 Å². The van der Waals surface area contributed by atoms with Crippen LogP contribution in [0.25, 0.3) is 0 Å². The number of carbonyl (C=O) groups is 1. The van der Waals surface area contributed by atoms with E-state index in [0.29, 0.717) is 12.2 Å². The number of hydrogen-bond donors (Lipinski definition) is 1. The molecule has 0 saturated carbocycles. The molecular formula is C16H13BrF3NO2. The maximum atomic E-state index is 12.9. The molecule has 2 aromatic rings. The molecule has 0 aliphatic rings. The number of rotatable bonds is 4. The van der Waals surface area contributed by atoms with Crippen LogP contribution in [-0.2, 0) is 17.5 Å². The maximum absolute atomic E-state index is 12.9. The summed E-state index contributed by atoms with van der Waals surface area (Å²) < 4.78 is 43.5. The molecule has 0 radical (unpaired) electrons. The van der Waals surface area contributed by atoms with Gasteiger partial charge in [0.15, 0.2) is 0 Å². The van der Waals surface area contributed by atoms with Crippen LogP contribution < -0.4 is 5.32 Å². The van der Waals surface area contributed by atoms with E-state index in [1.807, 2.05) is 0 Å². The molecule has 0 bridgehead atoms. The lowest BCUT2D eigenvalue weighted by molar-refractivity contribution is -0.138. The van der Waals surface area contributed by atoms with Gasteiger partial charge in [0, 0.05) is 22.8 Å². The van der Waals surface area contributed by atoms with Gasteiger partial charge in [-0.3, -0.25) is 4.79 Å². The Balaban J connectivity index is 2.22. The van der Waals surface area contributed by atoms with Crippen molar-refractivity contribution in [1.29, 1.82) is 0 Å². The molecule has 3 nitrogen and oxygen atoms in total. The smallest absolute Gasteiger partial charge is 0.380 e. The predicted octanol–water partition coefficient (Wildman–Crippen LogP) is 4.87. The summed E-state index contributed by atoms with van der Waals surface area (Å²) in [6, 6.07) is 10.2. The summed E-state index contributed by atoms with van der Waals surface area (Å²) in [5, 5.41) is 2.47. The van der Waals surface area contributed by atoms with Gasteiger partial charge in [-0.1, -0.05) is 28.1 Å². The first-order valence-corrected chi connectivity index (χ1v) is 7.36. The molecule has 0 heterocycles. The second kappa shape index (κ2) is 7.14. The molecule has 2 rings (SSSR count). The summed E-state index contributed by atoms with van der Waals surface area (Å²) in [6.07, 6.45) is -4.50. The third kappa shape index (κ3) is 4.56. The number of benzene rings is 2. The minimum Gasteiger partial charge on any atom is -0.380 e.